The van der Waals surface area contributed by atoms with E-state index < -0.39 is 0 Å². The summed E-state index contributed by atoms with van der Waals surface area (Å²) in [7, 11) is 0. The number of halogens is 1. The Balaban J connectivity index is 1.60. The second-order valence-electron chi connectivity index (χ2n) is 6.27. The van der Waals surface area contributed by atoms with Gasteiger partial charge in [-0.2, -0.15) is 5.10 Å². The number of aryl methyl sites for hydroxylation is 1. The number of anilines is 1. The highest BCUT2D eigenvalue weighted by atomic mass is 19.1. The number of rotatable bonds is 5. The Kier molecular flexibility index (Phi) is 5.33. The Morgan fingerprint density at radius 2 is 2.16 bits per heavy atom. The number of piperidine rings is 1. The molecule has 134 valence electrons. The molecule has 0 spiro atoms. The van der Waals surface area contributed by atoms with Crippen molar-refractivity contribution in [3.63, 3.8) is 0 Å². The van der Waals surface area contributed by atoms with Crippen LogP contribution in [0.5, 0.6) is 0 Å². The standard InChI is InChI=1S/C18H23FN4O2/c1-2-23-12-14(11-21-23)18(25)20-10-13-3-4-17(16(19)9-13)22-7-5-15(24)6-8-22/h3-4,9,11-12,15,24H,2,5-8,10H2,1H3,(H,20,25). The first kappa shape index (κ1) is 17.4. The second kappa shape index (κ2) is 7.65. The summed E-state index contributed by atoms with van der Waals surface area (Å²) in [4.78, 5) is 14.0. The van der Waals surface area contributed by atoms with Crippen LogP contribution in [0.3, 0.4) is 0 Å². The summed E-state index contributed by atoms with van der Waals surface area (Å²) in [5.41, 5.74) is 1.74. The average molecular weight is 346 g/mol. The topological polar surface area (TPSA) is 70.4 Å². The van der Waals surface area contributed by atoms with E-state index in [1.807, 2.05) is 17.9 Å². The Morgan fingerprint density at radius 1 is 1.40 bits per heavy atom. The number of carbonyl (C=O) groups is 1. The zero-order valence-corrected chi connectivity index (χ0v) is 14.3. The van der Waals surface area contributed by atoms with E-state index in [4.69, 9.17) is 0 Å². The number of nitrogens with one attached hydrogen (secondary N) is 1. The van der Waals surface area contributed by atoms with Crippen molar-refractivity contribution in [2.24, 2.45) is 0 Å². The highest BCUT2D eigenvalue weighted by Crippen LogP contribution is 2.24. The number of aromatic nitrogens is 2. The number of amides is 1. The first-order valence-electron chi connectivity index (χ1n) is 8.59. The SMILES string of the molecule is CCn1cc(C(=O)NCc2ccc(N3CCC(O)CC3)c(F)c2)cn1. The summed E-state index contributed by atoms with van der Waals surface area (Å²) in [6.07, 6.45) is 4.23. The molecule has 0 saturated carbocycles. The average Bonchev–Trinajstić information content (AvgIpc) is 3.10. The van der Waals surface area contributed by atoms with Gasteiger partial charge >= 0.3 is 0 Å². The predicted molar refractivity (Wildman–Crippen MR) is 92.9 cm³/mol. The molecule has 0 aliphatic carbocycles. The van der Waals surface area contributed by atoms with Crippen LogP contribution in [-0.4, -0.2) is 40.0 Å². The maximum atomic E-state index is 14.4. The normalized spacial score (nSPS) is 15.4. The van der Waals surface area contributed by atoms with Gasteiger partial charge in [-0.25, -0.2) is 4.39 Å². The van der Waals surface area contributed by atoms with Crippen molar-refractivity contribution in [3.8, 4) is 0 Å². The molecular formula is C18H23FN4O2. The van der Waals surface area contributed by atoms with E-state index in [0.29, 0.717) is 49.3 Å². The third-order valence-corrected chi connectivity index (χ3v) is 4.49. The molecule has 0 radical (unpaired) electrons. The number of nitrogens with zero attached hydrogens (tertiary/aromatic N) is 3. The van der Waals surface area contributed by atoms with Gasteiger partial charge in [0.25, 0.3) is 5.91 Å². The number of hydrogen-bond donors (Lipinski definition) is 2. The highest BCUT2D eigenvalue weighted by Gasteiger charge is 2.19. The first-order chi connectivity index (χ1) is 12.1. The van der Waals surface area contributed by atoms with Gasteiger partial charge in [-0.15, -0.1) is 0 Å². The van der Waals surface area contributed by atoms with Crippen molar-refractivity contribution in [1.82, 2.24) is 15.1 Å². The zero-order valence-electron chi connectivity index (χ0n) is 14.3. The highest BCUT2D eigenvalue weighted by molar-refractivity contribution is 5.93. The lowest BCUT2D eigenvalue weighted by molar-refractivity contribution is 0.0950. The van der Waals surface area contributed by atoms with Gasteiger partial charge in [-0.3, -0.25) is 9.48 Å². The van der Waals surface area contributed by atoms with Crippen LogP contribution < -0.4 is 10.2 Å². The smallest absolute Gasteiger partial charge is 0.254 e. The fraction of sp³-hybridized carbons (Fsp3) is 0.444. The molecule has 2 N–H and O–H groups in total. The fourth-order valence-electron chi connectivity index (χ4n) is 2.96. The van der Waals surface area contributed by atoms with Crippen LogP contribution in [0.4, 0.5) is 10.1 Å². The van der Waals surface area contributed by atoms with Gasteiger partial charge in [-0.05, 0) is 37.5 Å². The van der Waals surface area contributed by atoms with Crippen molar-refractivity contribution < 1.29 is 14.3 Å². The van der Waals surface area contributed by atoms with Crippen molar-refractivity contribution in [2.75, 3.05) is 18.0 Å². The number of hydrogen-bond acceptors (Lipinski definition) is 4. The molecule has 25 heavy (non-hydrogen) atoms. The molecule has 1 saturated heterocycles. The molecule has 7 heteroatoms. The van der Waals surface area contributed by atoms with E-state index in [9.17, 15) is 14.3 Å². The minimum absolute atomic E-state index is 0.228. The third kappa shape index (κ3) is 4.17. The lowest BCUT2D eigenvalue weighted by Gasteiger charge is -2.31. The molecule has 6 nitrogen and oxygen atoms in total. The van der Waals surface area contributed by atoms with Crippen LogP contribution in [0.1, 0.15) is 35.7 Å². The molecule has 1 fully saturated rings. The van der Waals surface area contributed by atoms with Gasteiger partial charge in [-0.1, -0.05) is 6.07 Å². The monoisotopic (exact) mass is 346 g/mol. The molecule has 0 atom stereocenters. The van der Waals surface area contributed by atoms with Crippen LogP contribution in [-0.2, 0) is 13.1 Å². The van der Waals surface area contributed by atoms with E-state index in [1.54, 1.807) is 16.9 Å². The van der Waals surface area contributed by atoms with E-state index in [0.717, 1.165) is 0 Å². The second-order valence-corrected chi connectivity index (χ2v) is 6.27. The quantitative estimate of drug-likeness (QED) is 0.868. The Labute approximate surface area is 146 Å². The van der Waals surface area contributed by atoms with E-state index in [2.05, 4.69) is 10.4 Å². The fourth-order valence-corrected chi connectivity index (χ4v) is 2.96. The van der Waals surface area contributed by atoms with Crippen molar-refractivity contribution in [1.29, 1.82) is 0 Å². The first-order valence-corrected chi connectivity index (χ1v) is 8.59. The summed E-state index contributed by atoms with van der Waals surface area (Å²) in [6.45, 7) is 4.20. The summed E-state index contributed by atoms with van der Waals surface area (Å²) in [6, 6.07) is 5.01. The number of benzene rings is 1. The van der Waals surface area contributed by atoms with Gasteiger partial charge in [0.1, 0.15) is 5.82 Å². The van der Waals surface area contributed by atoms with Crippen molar-refractivity contribution in [3.05, 3.63) is 47.5 Å². The minimum Gasteiger partial charge on any atom is -0.393 e. The number of aliphatic hydroxyl groups excluding tert-OH is 1. The van der Waals surface area contributed by atoms with Crippen LogP contribution in [0.15, 0.2) is 30.6 Å². The molecule has 1 amide bonds. The lowest BCUT2D eigenvalue weighted by atomic mass is 10.1. The third-order valence-electron chi connectivity index (χ3n) is 4.49. The Bertz CT molecular complexity index is 738. The molecule has 0 bridgehead atoms. The van der Waals surface area contributed by atoms with Gasteiger partial charge in [0.05, 0.1) is 23.6 Å². The Morgan fingerprint density at radius 3 is 2.80 bits per heavy atom. The summed E-state index contributed by atoms with van der Waals surface area (Å²) >= 11 is 0. The summed E-state index contributed by atoms with van der Waals surface area (Å²) in [5, 5.41) is 16.4. The predicted octanol–water partition coefficient (Wildman–Crippen LogP) is 1.93. The van der Waals surface area contributed by atoms with Gasteiger partial charge in [0.2, 0.25) is 0 Å². The van der Waals surface area contributed by atoms with Crippen LogP contribution in [0.25, 0.3) is 0 Å². The van der Waals surface area contributed by atoms with Crippen LogP contribution in [0.2, 0.25) is 0 Å². The van der Waals surface area contributed by atoms with Gasteiger partial charge in [0.15, 0.2) is 0 Å². The van der Waals surface area contributed by atoms with Crippen LogP contribution in [0, 0.1) is 5.82 Å². The molecule has 0 unspecified atom stereocenters. The van der Waals surface area contributed by atoms with Crippen LogP contribution >= 0.6 is 0 Å². The maximum Gasteiger partial charge on any atom is 0.254 e. The molecule has 1 aromatic carbocycles. The minimum atomic E-state index is -0.304. The molecule has 2 heterocycles. The largest absolute Gasteiger partial charge is 0.393 e. The van der Waals surface area contributed by atoms with Crippen molar-refractivity contribution in [2.45, 2.75) is 39.0 Å². The molecule has 2 aromatic rings. The van der Waals surface area contributed by atoms with E-state index in [-0.39, 0.29) is 24.4 Å². The lowest BCUT2D eigenvalue weighted by Crippen LogP contribution is -2.36. The molecule has 1 aliphatic rings. The molecule has 1 aliphatic heterocycles. The summed E-state index contributed by atoms with van der Waals surface area (Å²) in [5.74, 6) is -0.531. The van der Waals surface area contributed by atoms with Crippen molar-refractivity contribution >= 4 is 11.6 Å². The van der Waals surface area contributed by atoms with E-state index in [1.165, 1.54) is 12.3 Å². The van der Waals surface area contributed by atoms with Gasteiger partial charge < -0.3 is 15.3 Å². The number of aliphatic hydroxyl groups is 1. The van der Waals surface area contributed by atoms with Gasteiger partial charge in [0, 0.05) is 32.4 Å². The molecular weight excluding hydrogens is 323 g/mol. The molecule has 3 rings (SSSR count). The maximum absolute atomic E-state index is 14.4. The zero-order chi connectivity index (χ0) is 17.8. The Hall–Kier alpha value is -2.41. The molecule has 1 aromatic heterocycles. The number of carbonyl (C=O) groups excluding carboxylic acids is 1. The summed E-state index contributed by atoms with van der Waals surface area (Å²) < 4.78 is 16.1. The van der Waals surface area contributed by atoms with E-state index >= 15 is 0 Å².